The van der Waals surface area contributed by atoms with Crippen LogP contribution in [-0.2, 0) is 20.4 Å². The molecule has 2 aromatic carbocycles. The standard InChI is InChI=1S/C17H19NO4S2/c1-12-8-10-15(11-9-12)24(21,22)18-17(13(2)23,16(19)20)14-6-4-3-5-7-14/h3-11,13,18,23H,1-2H3,(H,19,20). The number of carbonyl (C=O) groups is 1. The van der Waals surface area contributed by atoms with Crippen LogP contribution in [0.1, 0.15) is 18.1 Å². The number of thiol groups is 1. The van der Waals surface area contributed by atoms with Crippen molar-refractivity contribution in [3.05, 3.63) is 65.7 Å². The molecule has 2 atom stereocenters. The van der Waals surface area contributed by atoms with Gasteiger partial charge in [-0.05, 0) is 24.6 Å². The summed E-state index contributed by atoms with van der Waals surface area (Å²) in [5, 5.41) is 9.02. The molecule has 0 fully saturated rings. The van der Waals surface area contributed by atoms with Crippen molar-refractivity contribution in [1.82, 2.24) is 4.72 Å². The van der Waals surface area contributed by atoms with Gasteiger partial charge in [0.2, 0.25) is 10.0 Å². The fourth-order valence-electron chi connectivity index (χ4n) is 2.42. The predicted octanol–water partition coefficient (Wildman–Crippen LogP) is 2.57. The summed E-state index contributed by atoms with van der Waals surface area (Å²) in [7, 11) is -4.05. The third kappa shape index (κ3) is 3.48. The van der Waals surface area contributed by atoms with Crippen LogP contribution in [0.15, 0.2) is 59.5 Å². The van der Waals surface area contributed by atoms with Crippen LogP contribution in [0.2, 0.25) is 0 Å². The molecule has 128 valence electrons. The average molecular weight is 365 g/mol. The number of benzene rings is 2. The molecule has 0 heterocycles. The van der Waals surface area contributed by atoms with E-state index in [2.05, 4.69) is 17.4 Å². The van der Waals surface area contributed by atoms with Crippen LogP contribution in [0.25, 0.3) is 0 Å². The van der Waals surface area contributed by atoms with E-state index in [0.717, 1.165) is 5.56 Å². The minimum Gasteiger partial charge on any atom is -0.480 e. The fraction of sp³-hybridized carbons (Fsp3) is 0.235. The Morgan fingerprint density at radius 2 is 1.67 bits per heavy atom. The molecule has 2 rings (SSSR count). The average Bonchev–Trinajstić information content (AvgIpc) is 2.53. The van der Waals surface area contributed by atoms with Gasteiger partial charge in [-0.25, -0.2) is 13.2 Å². The van der Waals surface area contributed by atoms with Crippen molar-refractivity contribution in [2.75, 3.05) is 0 Å². The number of hydrogen-bond donors (Lipinski definition) is 3. The summed E-state index contributed by atoms with van der Waals surface area (Å²) in [5.74, 6) is -1.31. The minimum absolute atomic E-state index is 0.00337. The monoisotopic (exact) mass is 365 g/mol. The van der Waals surface area contributed by atoms with Crippen molar-refractivity contribution < 1.29 is 18.3 Å². The highest BCUT2D eigenvalue weighted by Crippen LogP contribution is 2.31. The summed E-state index contributed by atoms with van der Waals surface area (Å²) in [6.45, 7) is 3.38. The highest BCUT2D eigenvalue weighted by Gasteiger charge is 2.47. The van der Waals surface area contributed by atoms with Crippen molar-refractivity contribution in [2.24, 2.45) is 0 Å². The molecule has 0 amide bonds. The van der Waals surface area contributed by atoms with E-state index in [1.807, 2.05) is 6.92 Å². The second-order valence-corrected chi connectivity index (χ2v) is 8.03. The van der Waals surface area contributed by atoms with E-state index in [-0.39, 0.29) is 4.90 Å². The van der Waals surface area contributed by atoms with Crippen LogP contribution in [0.3, 0.4) is 0 Å². The first-order valence-corrected chi connectivity index (χ1v) is 9.28. The third-order valence-electron chi connectivity index (χ3n) is 3.82. The maximum atomic E-state index is 12.7. The predicted molar refractivity (Wildman–Crippen MR) is 95.7 cm³/mol. The van der Waals surface area contributed by atoms with E-state index in [9.17, 15) is 18.3 Å². The second-order valence-electron chi connectivity index (χ2n) is 5.57. The van der Waals surface area contributed by atoms with E-state index in [0.29, 0.717) is 5.56 Å². The zero-order chi connectivity index (χ0) is 18.0. The molecule has 0 aromatic heterocycles. The fourth-order valence-corrected chi connectivity index (χ4v) is 4.25. The molecule has 2 unspecified atom stereocenters. The van der Waals surface area contributed by atoms with Gasteiger partial charge in [0.05, 0.1) is 4.90 Å². The second kappa shape index (κ2) is 6.96. The van der Waals surface area contributed by atoms with Crippen molar-refractivity contribution in [3.63, 3.8) is 0 Å². The van der Waals surface area contributed by atoms with Gasteiger partial charge in [0, 0.05) is 5.25 Å². The normalized spacial score (nSPS) is 15.5. The van der Waals surface area contributed by atoms with E-state index in [1.165, 1.54) is 12.1 Å². The molecule has 0 saturated carbocycles. The highest BCUT2D eigenvalue weighted by molar-refractivity contribution is 7.89. The third-order valence-corrected chi connectivity index (χ3v) is 5.69. The summed E-state index contributed by atoms with van der Waals surface area (Å²) in [6.07, 6.45) is 0. The molecule has 0 aliphatic carbocycles. The van der Waals surface area contributed by atoms with Crippen LogP contribution < -0.4 is 4.72 Å². The number of carboxylic acids is 1. The Kier molecular flexibility index (Phi) is 5.37. The van der Waals surface area contributed by atoms with Gasteiger partial charge in [0.25, 0.3) is 0 Å². The topological polar surface area (TPSA) is 83.5 Å². The number of aryl methyl sites for hydroxylation is 1. The van der Waals surface area contributed by atoms with Crippen molar-refractivity contribution >= 4 is 28.6 Å². The summed E-state index contributed by atoms with van der Waals surface area (Å²) < 4.78 is 27.8. The van der Waals surface area contributed by atoms with Gasteiger partial charge in [-0.15, -0.1) is 0 Å². The SMILES string of the molecule is Cc1ccc(S(=O)(=O)NC(C(=O)O)(c2ccccc2)C(C)S)cc1. The lowest BCUT2D eigenvalue weighted by atomic mass is 9.88. The van der Waals surface area contributed by atoms with Crippen molar-refractivity contribution in [3.8, 4) is 0 Å². The molecule has 5 nitrogen and oxygen atoms in total. The zero-order valence-electron chi connectivity index (χ0n) is 13.3. The summed E-state index contributed by atoms with van der Waals surface area (Å²) in [6, 6.07) is 14.4. The van der Waals surface area contributed by atoms with E-state index >= 15 is 0 Å². The van der Waals surface area contributed by atoms with Gasteiger partial charge in [0.1, 0.15) is 0 Å². The van der Waals surface area contributed by atoms with Crippen LogP contribution in [0, 0.1) is 6.92 Å². The Balaban J connectivity index is 2.57. The summed E-state index contributed by atoms with van der Waals surface area (Å²) >= 11 is 4.26. The smallest absolute Gasteiger partial charge is 0.330 e. The molecule has 0 aliphatic heterocycles. The van der Waals surface area contributed by atoms with Crippen molar-refractivity contribution in [1.29, 1.82) is 0 Å². The lowest BCUT2D eigenvalue weighted by Gasteiger charge is -2.33. The number of aliphatic carboxylic acids is 1. The zero-order valence-corrected chi connectivity index (χ0v) is 15.0. The quantitative estimate of drug-likeness (QED) is 0.687. The van der Waals surface area contributed by atoms with Crippen molar-refractivity contribution in [2.45, 2.75) is 29.5 Å². The first-order valence-electron chi connectivity index (χ1n) is 7.28. The highest BCUT2D eigenvalue weighted by atomic mass is 32.2. The number of nitrogens with one attached hydrogen (secondary N) is 1. The van der Waals surface area contributed by atoms with E-state index in [4.69, 9.17) is 0 Å². The lowest BCUT2D eigenvalue weighted by Crippen LogP contribution is -2.56. The van der Waals surface area contributed by atoms with Gasteiger partial charge >= 0.3 is 5.97 Å². The van der Waals surface area contributed by atoms with Crippen LogP contribution >= 0.6 is 12.6 Å². The number of rotatable bonds is 6. The van der Waals surface area contributed by atoms with Crippen LogP contribution in [-0.4, -0.2) is 24.7 Å². The van der Waals surface area contributed by atoms with Gasteiger partial charge in [0.15, 0.2) is 5.54 Å². The van der Waals surface area contributed by atoms with E-state index in [1.54, 1.807) is 49.4 Å². The molecule has 24 heavy (non-hydrogen) atoms. The Bertz CT molecular complexity index is 817. The van der Waals surface area contributed by atoms with Gasteiger partial charge < -0.3 is 5.11 Å². The van der Waals surface area contributed by atoms with Gasteiger partial charge in [-0.3, -0.25) is 0 Å². The first-order chi connectivity index (χ1) is 11.2. The molecule has 0 radical (unpaired) electrons. The summed E-state index contributed by atoms with van der Waals surface area (Å²) in [5.41, 5.74) is -0.659. The minimum atomic E-state index is -4.05. The largest absolute Gasteiger partial charge is 0.480 e. The van der Waals surface area contributed by atoms with Gasteiger partial charge in [-0.1, -0.05) is 55.0 Å². The number of sulfonamides is 1. The molecule has 0 spiro atoms. The summed E-state index contributed by atoms with van der Waals surface area (Å²) in [4.78, 5) is 12.1. The maximum Gasteiger partial charge on any atom is 0.330 e. The van der Waals surface area contributed by atoms with Gasteiger partial charge in [-0.2, -0.15) is 17.4 Å². The molecule has 2 aromatic rings. The molecular formula is C17H19NO4S2. The van der Waals surface area contributed by atoms with Crippen LogP contribution in [0.4, 0.5) is 0 Å². The number of carboxylic acid groups (broad SMARTS) is 1. The Morgan fingerprint density at radius 1 is 1.12 bits per heavy atom. The molecule has 2 N–H and O–H groups in total. The Morgan fingerprint density at radius 3 is 2.12 bits per heavy atom. The first kappa shape index (κ1) is 18.5. The maximum absolute atomic E-state index is 12.7. The molecular weight excluding hydrogens is 346 g/mol. The Hall–Kier alpha value is -1.83. The molecule has 0 bridgehead atoms. The molecule has 0 aliphatic rings. The molecule has 7 heteroatoms. The molecule has 0 saturated heterocycles. The number of hydrogen-bond acceptors (Lipinski definition) is 4. The van der Waals surface area contributed by atoms with Crippen LogP contribution in [0.5, 0.6) is 0 Å². The van der Waals surface area contributed by atoms with E-state index < -0.39 is 26.8 Å². The Labute approximate surface area is 147 Å². The lowest BCUT2D eigenvalue weighted by molar-refractivity contribution is -0.144.